The van der Waals surface area contributed by atoms with Crippen molar-refractivity contribution in [1.82, 2.24) is 10.2 Å². The number of thiophene rings is 1. The predicted octanol–water partition coefficient (Wildman–Crippen LogP) is 2.77. The van der Waals surface area contributed by atoms with Crippen LogP contribution >= 0.6 is 11.3 Å². The molecule has 0 aromatic carbocycles. The number of nitrogens with one attached hydrogen (secondary N) is 1. The van der Waals surface area contributed by atoms with Gasteiger partial charge in [-0.05, 0) is 48.1 Å². The molecule has 116 valence electrons. The first kappa shape index (κ1) is 15.0. The number of carbonyl (C=O) groups excluding carboxylic acids is 1. The van der Waals surface area contributed by atoms with Crippen LogP contribution < -0.4 is 5.32 Å². The maximum absolute atomic E-state index is 12.9. The fourth-order valence-electron chi connectivity index (χ4n) is 3.37. The van der Waals surface area contributed by atoms with Gasteiger partial charge < -0.3 is 9.64 Å². The molecule has 5 heteroatoms. The van der Waals surface area contributed by atoms with Crippen LogP contribution in [0, 0.1) is 5.92 Å². The van der Waals surface area contributed by atoms with E-state index in [2.05, 4.69) is 42.9 Å². The first-order valence-electron chi connectivity index (χ1n) is 7.81. The summed E-state index contributed by atoms with van der Waals surface area (Å²) in [5, 5.41) is 7.72. The third-order valence-corrected chi connectivity index (χ3v) is 5.30. The SMILES string of the molecule is CC(C)C1NC(c2ccsc2)N(C(C)C2CCCO2)C1=O. The van der Waals surface area contributed by atoms with Gasteiger partial charge in [-0.25, -0.2) is 0 Å². The second-order valence-electron chi connectivity index (χ2n) is 6.39. The third kappa shape index (κ3) is 2.74. The van der Waals surface area contributed by atoms with E-state index in [1.165, 1.54) is 5.56 Å². The summed E-state index contributed by atoms with van der Waals surface area (Å²) in [4.78, 5) is 14.9. The molecule has 0 spiro atoms. The Hall–Kier alpha value is -0.910. The molecule has 2 fully saturated rings. The number of hydrogen-bond acceptors (Lipinski definition) is 4. The number of ether oxygens (including phenoxy) is 1. The lowest BCUT2D eigenvalue weighted by Gasteiger charge is -2.33. The Balaban J connectivity index is 1.87. The van der Waals surface area contributed by atoms with Gasteiger partial charge in [0.1, 0.15) is 6.17 Å². The lowest BCUT2D eigenvalue weighted by molar-refractivity contribution is -0.135. The van der Waals surface area contributed by atoms with Gasteiger partial charge in [-0.15, -0.1) is 0 Å². The monoisotopic (exact) mass is 308 g/mol. The smallest absolute Gasteiger partial charge is 0.241 e. The Morgan fingerprint density at radius 1 is 1.43 bits per heavy atom. The van der Waals surface area contributed by atoms with Crippen LogP contribution in [0.1, 0.15) is 45.3 Å². The quantitative estimate of drug-likeness (QED) is 0.930. The summed E-state index contributed by atoms with van der Waals surface area (Å²) in [5.74, 6) is 0.504. The van der Waals surface area contributed by atoms with Crippen molar-refractivity contribution in [2.75, 3.05) is 6.61 Å². The van der Waals surface area contributed by atoms with Crippen LogP contribution in [-0.4, -0.2) is 35.6 Å². The van der Waals surface area contributed by atoms with Crippen LogP contribution in [0.15, 0.2) is 16.8 Å². The summed E-state index contributed by atoms with van der Waals surface area (Å²) in [6.07, 6.45) is 2.30. The zero-order valence-corrected chi connectivity index (χ0v) is 13.7. The van der Waals surface area contributed by atoms with E-state index in [9.17, 15) is 4.79 Å². The molecule has 4 atom stereocenters. The van der Waals surface area contributed by atoms with E-state index in [0.717, 1.165) is 19.4 Å². The Morgan fingerprint density at radius 2 is 2.24 bits per heavy atom. The molecular formula is C16H24N2O2S. The molecule has 0 saturated carbocycles. The standard InChI is InChI=1S/C16H24N2O2S/c1-10(2)14-16(19)18(11(3)13-5-4-7-20-13)15(17-14)12-6-8-21-9-12/h6,8-11,13-15,17H,4-5,7H2,1-3H3. The molecular weight excluding hydrogens is 284 g/mol. The molecule has 3 heterocycles. The number of carbonyl (C=O) groups is 1. The zero-order valence-electron chi connectivity index (χ0n) is 12.9. The highest BCUT2D eigenvalue weighted by atomic mass is 32.1. The van der Waals surface area contributed by atoms with Crippen molar-refractivity contribution in [3.8, 4) is 0 Å². The van der Waals surface area contributed by atoms with E-state index in [1.807, 2.05) is 4.90 Å². The van der Waals surface area contributed by atoms with E-state index in [-0.39, 0.29) is 30.3 Å². The molecule has 21 heavy (non-hydrogen) atoms. The molecule has 1 aromatic heterocycles. The average Bonchev–Trinajstić information content (AvgIpc) is 3.18. The van der Waals surface area contributed by atoms with Crippen LogP contribution in [-0.2, 0) is 9.53 Å². The fraction of sp³-hybridized carbons (Fsp3) is 0.688. The van der Waals surface area contributed by atoms with Gasteiger partial charge in [0.2, 0.25) is 5.91 Å². The molecule has 3 rings (SSSR count). The Bertz CT molecular complexity index is 482. The molecule has 1 amide bonds. The van der Waals surface area contributed by atoms with Crippen LogP contribution in [0.2, 0.25) is 0 Å². The Kier molecular flexibility index (Phi) is 4.33. The number of rotatable bonds is 4. The van der Waals surface area contributed by atoms with E-state index in [1.54, 1.807) is 11.3 Å². The largest absolute Gasteiger partial charge is 0.376 e. The van der Waals surface area contributed by atoms with Gasteiger partial charge in [0.25, 0.3) is 0 Å². The Morgan fingerprint density at radius 3 is 2.81 bits per heavy atom. The van der Waals surface area contributed by atoms with Crippen LogP contribution in [0.4, 0.5) is 0 Å². The molecule has 2 aliphatic heterocycles. The predicted molar refractivity (Wildman–Crippen MR) is 84.1 cm³/mol. The normalized spacial score (nSPS) is 31.3. The number of hydrogen-bond donors (Lipinski definition) is 1. The van der Waals surface area contributed by atoms with Gasteiger partial charge in [0.05, 0.1) is 18.2 Å². The maximum atomic E-state index is 12.9. The maximum Gasteiger partial charge on any atom is 0.241 e. The molecule has 1 N–H and O–H groups in total. The van der Waals surface area contributed by atoms with Crippen LogP contribution in [0.25, 0.3) is 0 Å². The van der Waals surface area contributed by atoms with Crippen molar-refractivity contribution in [3.05, 3.63) is 22.4 Å². The molecule has 2 aliphatic rings. The van der Waals surface area contributed by atoms with Crippen LogP contribution in [0.3, 0.4) is 0 Å². The summed E-state index contributed by atoms with van der Waals surface area (Å²) in [6, 6.07) is 2.12. The summed E-state index contributed by atoms with van der Waals surface area (Å²) >= 11 is 1.67. The molecule has 4 unspecified atom stereocenters. The van der Waals surface area contributed by atoms with E-state index >= 15 is 0 Å². The molecule has 4 nitrogen and oxygen atoms in total. The highest BCUT2D eigenvalue weighted by Gasteiger charge is 2.45. The molecule has 1 aromatic rings. The molecule has 0 aliphatic carbocycles. The van der Waals surface area contributed by atoms with Gasteiger partial charge in [-0.2, -0.15) is 11.3 Å². The number of nitrogens with zero attached hydrogens (tertiary/aromatic N) is 1. The minimum Gasteiger partial charge on any atom is -0.376 e. The first-order chi connectivity index (χ1) is 10.1. The average molecular weight is 308 g/mol. The fourth-order valence-corrected chi connectivity index (χ4v) is 4.05. The highest BCUT2D eigenvalue weighted by molar-refractivity contribution is 7.07. The summed E-state index contributed by atoms with van der Waals surface area (Å²) in [7, 11) is 0. The van der Waals surface area contributed by atoms with Gasteiger partial charge in [-0.3, -0.25) is 10.1 Å². The lowest BCUT2D eigenvalue weighted by atomic mass is 10.0. The minimum absolute atomic E-state index is 0.0182. The summed E-state index contributed by atoms with van der Waals surface area (Å²) in [5.41, 5.74) is 1.18. The number of amides is 1. The molecule has 0 bridgehead atoms. The Labute approximate surface area is 130 Å². The first-order valence-corrected chi connectivity index (χ1v) is 8.76. The lowest BCUT2D eigenvalue weighted by Crippen LogP contribution is -2.45. The van der Waals surface area contributed by atoms with Crippen molar-refractivity contribution >= 4 is 17.2 Å². The van der Waals surface area contributed by atoms with Gasteiger partial charge in [0.15, 0.2) is 0 Å². The van der Waals surface area contributed by atoms with E-state index in [4.69, 9.17) is 4.74 Å². The topological polar surface area (TPSA) is 41.6 Å². The van der Waals surface area contributed by atoms with Gasteiger partial charge in [-0.1, -0.05) is 13.8 Å². The van der Waals surface area contributed by atoms with Crippen molar-refractivity contribution in [2.24, 2.45) is 5.92 Å². The summed E-state index contributed by atoms with van der Waals surface area (Å²) in [6.45, 7) is 7.14. The second-order valence-corrected chi connectivity index (χ2v) is 7.17. The van der Waals surface area contributed by atoms with Crippen molar-refractivity contribution in [1.29, 1.82) is 0 Å². The second kappa shape index (κ2) is 6.07. The van der Waals surface area contributed by atoms with E-state index < -0.39 is 0 Å². The van der Waals surface area contributed by atoms with Crippen molar-refractivity contribution in [3.63, 3.8) is 0 Å². The van der Waals surface area contributed by atoms with Crippen molar-refractivity contribution < 1.29 is 9.53 Å². The van der Waals surface area contributed by atoms with Crippen molar-refractivity contribution in [2.45, 2.75) is 58.0 Å². The van der Waals surface area contributed by atoms with Crippen LogP contribution in [0.5, 0.6) is 0 Å². The zero-order chi connectivity index (χ0) is 15.0. The molecule has 2 saturated heterocycles. The molecule has 0 radical (unpaired) electrons. The minimum atomic E-state index is -0.0984. The van der Waals surface area contributed by atoms with Gasteiger partial charge in [0, 0.05) is 6.61 Å². The third-order valence-electron chi connectivity index (χ3n) is 4.60. The highest BCUT2D eigenvalue weighted by Crippen LogP contribution is 2.33. The summed E-state index contributed by atoms with van der Waals surface area (Å²) < 4.78 is 5.82. The van der Waals surface area contributed by atoms with Gasteiger partial charge >= 0.3 is 0 Å². The van der Waals surface area contributed by atoms with E-state index in [0.29, 0.717) is 5.92 Å².